The zero-order chi connectivity index (χ0) is 16.3. The minimum Gasteiger partial charge on any atom is -0.538 e. The van der Waals surface area contributed by atoms with E-state index in [2.05, 4.69) is 15.1 Å². The number of nitrogens with one attached hydrogen (secondary N) is 1. The fourth-order valence-corrected chi connectivity index (χ4v) is 2.90. The number of aryl methyl sites for hydroxylation is 1. The third-order valence-electron chi connectivity index (χ3n) is 2.82. The largest absolute Gasteiger partial charge is 0.538 e. The molecule has 0 aliphatic heterocycles. The van der Waals surface area contributed by atoms with E-state index in [0.717, 1.165) is 11.8 Å². The molecule has 1 aromatic heterocycles. The molecule has 1 unspecified atom stereocenters. The van der Waals surface area contributed by atoms with Crippen molar-refractivity contribution in [1.82, 2.24) is 5.27 Å². The summed E-state index contributed by atoms with van der Waals surface area (Å²) < 4.78 is 5.85. The number of halogens is 2. The van der Waals surface area contributed by atoms with Gasteiger partial charge in [-0.25, -0.2) is 0 Å². The molecule has 0 bridgehead atoms. The SMILES string of the molecule is CCC(Sc1c([O-])on[n+]1C)C(=O)Nc1ccc(Cl)c(Cl)c1. The second-order valence-corrected chi connectivity index (χ2v) is 6.43. The highest BCUT2D eigenvalue weighted by atomic mass is 35.5. The maximum absolute atomic E-state index is 12.3. The maximum atomic E-state index is 12.3. The molecule has 0 saturated carbocycles. The predicted molar refractivity (Wildman–Crippen MR) is 82.2 cm³/mol. The number of rotatable bonds is 5. The third kappa shape index (κ3) is 3.85. The molecule has 1 heterocycles. The van der Waals surface area contributed by atoms with Crippen LogP contribution in [0.4, 0.5) is 5.69 Å². The molecular formula is C13H13Cl2N3O3S. The zero-order valence-corrected chi connectivity index (χ0v) is 14.1. The van der Waals surface area contributed by atoms with Crippen LogP contribution < -0.4 is 15.1 Å². The van der Waals surface area contributed by atoms with Crippen LogP contribution >= 0.6 is 35.0 Å². The van der Waals surface area contributed by atoms with Gasteiger partial charge in [0.2, 0.25) is 5.91 Å². The highest BCUT2D eigenvalue weighted by Gasteiger charge is 2.25. The Kier molecular flexibility index (Phi) is 5.55. The van der Waals surface area contributed by atoms with Crippen molar-refractivity contribution >= 4 is 46.6 Å². The van der Waals surface area contributed by atoms with E-state index < -0.39 is 11.2 Å². The first-order valence-corrected chi connectivity index (χ1v) is 8.01. The van der Waals surface area contributed by atoms with Crippen molar-refractivity contribution in [3.8, 4) is 5.95 Å². The van der Waals surface area contributed by atoms with E-state index in [1.807, 2.05) is 6.92 Å². The summed E-state index contributed by atoms with van der Waals surface area (Å²) in [6, 6.07) is 4.82. The molecule has 0 fully saturated rings. The molecular weight excluding hydrogens is 349 g/mol. The summed E-state index contributed by atoms with van der Waals surface area (Å²) in [6.45, 7) is 1.85. The highest BCUT2D eigenvalue weighted by molar-refractivity contribution is 8.00. The summed E-state index contributed by atoms with van der Waals surface area (Å²) >= 11 is 12.9. The molecule has 1 N–H and O–H groups in total. The Bertz CT molecular complexity index is 674. The molecule has 1 atom stereocenters. The molecule has 9 heteroatoms. The number of hydrogen-bond donors (Lipinski definition) is 1. The summed E-state index contributed by atoms with van der Waals surface area (Å²) in [7, 11) is 1.58. The molecule has 6 nitrogen and oxygen atoms in total. The van der Waals surface area contributed by atoms with Crippen LogP contribution in [-0.2, 0) is 11.8 Å². The first kappa shape index (κ1) is 16.9. The van der Waals surface area contributed by atoms with Gasteiger partial charge in [-0.3, -0.25) is 4.79 Å². The van der Waals surface area contributed by atoms with Gasteiger partial charge in [-0.1, -0.05) is 34.8 Å². The quantitative estimate of drug-likeness (QED) is 0.652. The van der Waals surface area contributed by atoms with E-state index in [1.165, 1.54) is 4.68 Å². The minimum atomic E-state index is -0.562. The van der Waals surface area contributed by atoms with Crippen molar-refractivity contribution in [3.05, 3.63) is 28.2 Å². The van der Waals surface area contributed by atoms with E-state index >= 15 is 0 Å². The number of hydrogen-bond acceptors (Lipinski definition) is 5. The first-order chi connectivity index (χ1) is 10.4. The van der Waals surface area contributed by atoms with Gasteiger partial charge < -0.3 is 14.9 Å². The number of thioether (sulfide) groups is 1. The molecule has 0 aliphatic carbocycles. The van der Waals surface area contributed by atoms with Gasteiger partial charge in [0.05, 0.1) is 20.6 Å². The average Bonchev–Trinajstić information content (AvgIpc) is 2.79. The van der Waals surface area contributed by atoms with Crippen molar-refractivity contribution in [2.24, 2.45) is 7.05 Å². The summed E-state index contributed by atoms with van der Waals surface area (Å²) in [5.74, 6) is -0.806. The standard InChI is InChI=1S/C13H13Cl2N3O3S/c1-3-10(22-12-13(20)21-17-18(12)2)11(19)16-7-4-5-8(14)9(15)6-7/h4-6,10H,3H2,1-2H3,(H-,16,17,19,20). The molecule has 1 aromatic carbocycles. The Hall–Kier alpha value is -1.44. The van der Waals surface area contributed by atoms with Crippen LogP contribution in [0.15, 0.2) is 27.7 Å². The Morgan fingerprint density at radius 1 is 1.50 bits per heavy atom. The zero-order valence-electron chi connectivity index (χ0n) is 11.8. The summed E-state index contributed by atoms with van der Waals surface area (Å²) in [4.78, 5) is 12.3. The lowest BCUT2D eigenvalue weighted by Gasteiger charge is -2.13. The Labute approximate surface area is 141 Å². The highest BCUT2D eigenvalue weighted by Crippen LogP contribution is 2.29. The lowest BCUT2D eigenvalue weighted by molar-refractivity contribution is -0.772. The third-order valence-corrected chi connectivity index (χ3v) is 5.04. The van der Waals surface area contributed by atoms with Crippen molar-refractivity contribution in [1.29, 1.82) is 0 Å². The number of aromatic nitrogens is 2. The van der Waals surface area contributed by atoms with Gasteiger partial charge >= 0.3 is 0 Å². The first-order valence-electron chi connectivity index (χ1n) is 6.38. The number of carbonyl (C=O) groups excluding carboxylic acids is 1. The van der Waals surface area contributed by atoms with Gasteiger partial charge in [0.1, 0.15) is 0 Å². The van der Waals surface area contributed by atoms with Crippen LogP contribution in [0.25, 0.3) is 0 Å². The van der Waals surface area contributed by atoms with Crippen molar-refractivity contribution in [2.45, 2.75) is 23.6 Å². The second kappa shape index (κ2) is 7.21. The predicted octanol–water partition coefficient (Wildman–Crippen LogP) is 2.39. The molecule has 22 heavy (non-hydrogen) atoms. The molecule has 0 saturated heterocycles. The second-order valence-electron chi connectivity index (χ2n) is 4.42. The van der Waals surface area contributed by atoms with Crippen LogP contribution in [0.1, 0.15) is 13.3 Å². The Morgan fingerprint density at radius 2 is 2.23 bits per heavy atom. The van der Waals surface area contributed by atoms with Crippen LogP contribution in [0.3, 0.4) is 0 Å². The lowest BCUT2D eigenvalue weighted by atomic mass is 10.2. The van der Waals surface area contributed by atoms with Crippen molar-refractivity contribution in [3.63, 3.8) is 0 Å². The summed E-state index contributed by atoms with van der Waals surface area (Å²) in [6.07, 6.45) is 0.530. The molecule has 2 aromatic rings. The number of amides is 1. The van der Waals surface area contributed by atoms with Gasteiger partial charge in [0.15, 0.2) is 13.0 Å². The number of carbonyl (C=O) groups is 1. The van der Waals surface area contributed by atoms with Crippen LogP contribution in [0, 0.1) is 0 Å². The summed E-state index contributed by atoms with van der Waals surface area (Å²) in [5.41, 5.74) is 0.537. The molecule has 0 spiro atoms. The number of anilines is 1. The Balaban J connectivity index is 2.10. The van der Waals surface area contributed by atoms with Crippen LogP contribution in [0.2, 0.25) is 10.0 Å². The monoisotopic (exact) mass is 361 g/mol. The van der Waals surface area contributed by atoms with Crippen LogP contribution in [-0.4, -0.2) is 16.4 Å². The number of benzene rings is 1. The van der Waals surface area contributed by atoms with Crippen LogP contribution in [0.5, 0.6) is 5.95 Å². The summed E-state index contributed by atoms with van der Waals surface area (Å²) in [5, 5.41) is 18.4. The minimum absolute atomic E-state index is 0.244. The van der Waals surface area contributed by atoms with Crippen molar-refractivity contribution in [2.75, 3.05) is 5.32 Å². The topological polar surface area (TPSA) is 82.1 Å². The molecule has 0 aliphatic rings. The molecule has 1 amide bonds. The van der Waals surface area contributed by atoms with Gasteiger partial charge in [-0.15, -0.1) is 0 Å². The van der Waals surface area contributed by atoms with Gasteiger partial charge in [-0.2, -0.15) is 0 Å². The molecule has 2 rings (SSSR count). The van der Waals surface area contributed by atoms with E-state index in [1.54, 1.807) is 25.2 Å². The Morgan fingerprint density at radius 3 is 2.77 bits per heavy atom. The normalized spacial score (nSPS) is 12.2. The van der Waals surface area contributed by atoms with E-state index in [4.69, 9.17) is 23.2 Å². The fourth-order valence-electron chi connectivity index (χ4n) is 1.68. The van der Waals surface area contributed by atoms with Gasteiger partial charge in [0.25, 0.3) is 5.03 Å². The van der Waals surface area contributed by atoms with Gasteiger partial charge in [0, 0.05) is 5.69 Å². The fraction of sp³-hybridized carbons (Fsp3) is 0.308. The molecule has 118 valence electrons. The van der Waals surface area contributed by atoms with E-state index in [-0.39, 0.29) is 10.9 Å². The number of nitrogens with zero attached hydrogens (tertiary/aromatic N) is 2. The molecule has 0 radical (unpaired) electrons. The van der Waals surface area contributed by atoms with Gasteiger partial charge in [-0.05, 0) is 36.4 Å². The van der Waals surface area contributed by atoms with E-state index in [9.17, 15) is 9.90 Å². The average molecular weight is 362 g/mol. The maximum Gasteiger partial charge on any atom is 0.291 e. The lowest BCUT2D eigenvalue weighted by Crippen LogP contribution is -2.34. The van der Waals surface area contributed by atoms with Crippen molar-refractivity contribution < 1.29 is 19.1 Å². The smallest absolute Gasteiger partial charge is 0.291 e. The van der Waals surface area contributed by atoms with E-state index in [0.29, 0.717) is 22.2 Å².